The predicted molar refractivity (Wildman–Crippen MR) is 44.4 cm³/mol. The first kappa shape index (κ1) is 12.7. The Kier molecular flexibility index (Phi) is 4.70. The normalized spacial score (nSPS) is 17.1. The van der Waals surface area contributed by atoms with E-state index in [0.29, 0.717) is 6.42 Å². The van der Waals surface area contributed by atoms with Crippen LogP contribution in [-0.2, 0) is 4.74 Å². The lowest BCUT2D eigenvalue weighted by Crippen LogP contribution is -2.37. The molecule has 2 nitrogen and oxygen atoms in total. The SMILES string of the molecule is CCC(C)(CN)OCCC(F)(F)F. The van der Waals surface area contributed by atoms with Crippen LogP contribution in [0.1, 0.15) is 26.7 Å². The van der Waals surface area contributed by atoms with Gasteiger partial charge in [-0.05, 0) is 13.3 Å². The second-order valence-electron chi connectivity index (χ2n) is 3.22. The molecule has 0 aliphatic heterocycles. The molecule has 0 rings (SSSR count). The molecule has 0 saturated heterocycles. The summed E-state index contributed by atoms with van der Waals surface area (Å²) in [4.78, 5) is 0. The van der Waals surface area contributed by atoms with Gasteiger partial charge in [-0.2, -0.15) is 13.2 Å². The lowest BCUT2D eigenvalue weighted by molar-refractivity contribution is -0.156. The summed E-state index contributed by atoms with van der Waals surface area (Å²) < 4.78 is 40.2. The average molecular weight is 199 g/mol. The van der Waals surface area contributed by atoms with Gasteiger partial charge in [0, 0.05) is 6.54 Å². The minimum Gasteiger partial charge on any atom is -0.374 e. The highest BCUT2D eigenvalue weighted by atomic mass is 19.4. The molecule has 0 aromatic carbocycles. The van der Waals surface area contributed by atoms with Crippen molar-refractivity contribution in [1.82, 2.24) is 0 Å². The van der Waals surface area contributed by atoms with Gasteiger partial charge >= 0.3 is 6.18 Å². The van der Waals surface area contributed by atoms with Crippen LogP contribution in [0.25, 0.3) is 0 Å². The summed E-state index contributed by atoms with van der Waals surface area (Å²) in [5.41, 5.74) is 4.74. The number of hydrogen-bond donors (Lipinski definition) is 1. The Morgan fingerprint density at radius 2 is 1.85 bits per heavy atom. The van der Waals surface area contributed by atoms with Crippen LogP contribution >= 0.6 is 0 Å². The highest BCUT2D eigenvalue weighted by Crippen LogP contribution is 2.21. The fourth-order valence-corrected chi connectivity index (χ4v) is 0.718. The minimum absolute atomic E-state index is 0.237. The van der Waals surface area contributed by atoms with Crippen molar-refractivity contribution < 1.29 is 17.9 Å². The number of alkyl halides is 3. The Bertz CT molecular complexity index is 143. The fraction of sp³-hybridized carbons (Fsp3) is 1.00. The lowest BCUT2D eigenvalue weighted by atomic mass is 10.0. The van der Waals surface area contributed by atoms with E-state index in [0.717, 1.165) is 0 Å². The standard InChI is InChI=1S/C8H16F3NO/c1-3-7(2,6-12)13-5-4-8(9,10)11/h3-6,12H2,1-2H3. The number of rotatable bonds is 5. The molecule has 0 saturated carbocycles. The number of ether oxygens (including phenoxy) is 1. The van der Waals surface area contributed by atoms with Crippen molar-refractivity contribution >= 4 is 0 Å². The van der Waals surface area contributed by atoms with E-state index in [4.69, 9.17) is 10.5 Å². The topological polar surface area (TPSA) is 35.2 Å². The molecule has 1 unspecified atom stereocenters. The molecule has 0 spiro atoms. The monoisotopic (exact) mass is 199 g/mol. The van der Waals surface area contributed by atoms with Gasteiger partial charge in [0.05, 0.1) is 18.6 Å². The van der Waals surface area contributed by atoms with Crippen molar-refractivity contribution in [1.29, 1.82) is 0 Å². The zero-order valence-corrected chi connectivity index (χ0v) is 7.95. The van der Waals surface area contributed by atoms with Gasteiger partial charge in [-0.1, -0.05) is 6.92 Å². The summed E-state index contributed by atoms with van der Waals surface area (Å²) in [5.74, 6) is 0. The first-order chi connectivity index (χ1) is 5.83. The second-order valence-corrected chi connectivity index (χ2v) is 3.22. The molecule has 0 aliphatic rings. The quantitative estimate of drug-likeness (QED) is 0.735. The molecule has 13 heavy (non-hydrogen) atoms. The van der Waals surface area contributed by atoms with Crippen molar-refractivity contribution in [2.75, 3.05) is 13.2 Å². The number of nitrogens with two attached hydrogens (primary N) is 1. The molecule has 80 valence electrons. The zero-order chi connectivity index (χ0) is 10.5. The molecule has 0 heterocycles. The molecule has 2 N–H and O–H groups in total. The average Bonchev–Trinajstić information content (AvgIpc) is 2.02. The number of halogens is 3. The van der Waals surface area contributed by atoms with E-state index in [9.17, 15) is 13.2 Å². The van der Waals surface area contributed by atoms with Crippen molar-refractivity contribution in [2.24, 2.45) is 5.73 Å². The van der Waals surface area contributed by atoms with Crippen LogP contribution in [0.4, 0.5) is 13.2 Å². The molecule has 0 aromatic heterocycles. The van der Waals surface area contributed by atoms with Gasteiger partial charge in [0.2, 0.25) is 0 Å². The summed E-state index contributed by atoms with van der Waals surface area (Å²) in [6.45, 7) is 3.47. The van der Waals surface area contributed by atoms with Gasteiger partial charge < -0.3 is 10.5 Å². The second kappa shape index (κ2) is 4.81. The molecule has 0 fully saturated rings. The predicted octanol–water partition coefficient (Wildman–Crippen LogP) is 2.08. The van der Waals surface area contributed by atoms with E-state index in [1.54, 1.807) is 6.92 Å². The molecule has 0 bridgehead atoms. The molecular weight excluding hydrogens is 183 g/mol. The summed E-state index contributed by atoms with van der Waals surface area (Å²) in [5, 5.41) is 0. The van der Waals surface area contributed by atoms with E-state index in [1.807, 2.05) is 6.92 Å². The molecule has 0 radical (unpaired) electrons. The Morgan fingerprint density at radius 1 is 1.31 bits per heavy atom. The highest BCUT2D eigenvalue weighted by Gasteiger charge is 2.29. The molecular formula is C8H16F3NO. The van der Waals surface area contributed by atoms with Gasteiger partial charge in [-0.25, -0.2) is 0 Å². The smallest absolute Gasteiger partial charge is 0.374 e. The van der Waals surface area contributed by atoms with E-state index in [-0.39, 0.29) is 13.2 Å². The van der Waals surface area contributed by atoms with Crippen molar-refractivity contribution in [3.05, 3.63) is 0 Å². The molecule has 5 heteroatoms. The summed E-state index contributed by atoms with van der Waals surface area (Å²) in [6.07, 6.45) is -4.45. The summed E-state index contributed by atoms with van der Waals surface area (Å²) in [6, 6.07) is 0. The first-order valence-corrected chi connectivity index (χ1v) is 4.24. The Balaban J connectivity index is 3.74. The maximum atomic E-state index is 11.7. The van der Waals surface area contributed by atoms with Crippen LogP contribution in [0.2, 0.25) is 0 Å². The van der Waals surface area contributed by atoms with Crippen molar-refractivity contribution in [3.63, 3.8) is 0 Å². The van der Waals surface area contributed by atoms with Crippen LogP contribution in [0.5, 0.6) is 0 Å². The molecule has 0 amide bonds. The lowest BCUT2D eigenvalue weighted by Gasteiger charge is -2.27. The van der Waals surface area contributed by atoms with Crippen LogP contribution in [0.15, 0.2) is 0 Å². The van der Waals surface area contributed by atoms with Crippen LogP contribution in [0.3, 0.4) is 0 Å². The van der Waals surface area contributed by atoms with Gasteiger partial charge in [0.25, 0.3) is 0 Å². The fourth-order valence-electron chi connectivity index (χ4n) is 0.718. The Labute approximate surface area is 76.2 Å². The van der Waals surface area contributed by atoms with Gasteiger partial charge in [0.1, 0.15) is 0 Å². The molecule has 1 atom stereocenters. The first-order valence-electron chi connectivity index (χ1n) is 4.24. The van der Waals surface area contributed by atoms with Gasteiger partial charge in [0.15, 0.2) is 0 Å². The Hall–Kier alpha value is -0.290. The summed E-state index contributed by atoms with van der Waals surface area (Å²) >= 11 is 0. The third-order valence-electron chi connectivity index (χ3n) is 2.02. The minimum atomic E-state index is -4.15. The largest absolute Gasteiger partial charge is 0.391 e. The zero-order valence-electron chi connectivity index (χ0n) is 7.95. The van der Waals surface area contributed by atoms with E-state index >= 15 is 0 Å². The van der Waals surface area contributed by atoms with E-state index < -0.39 is 18.2 Å². The molecule has 0 aromatic rings. The Morgan fingerprint density at radius 3 is 2.15 bits per heavy atom. The number of hydrogen-bond acceptors (Lipinski definition) is 2. The maximum Gasteiger partial charge on any atom is 0.391 e. The van der Waals surface area contributed by atoms with Gasteiger partial charge in [-0.15, -0.1) is 0 Å². The van der Waals surface area contributed by atoms with Crippen LogP contribution in [0, 0.1) is 0 Å². The molecule has 0 aliphatic carbocycles. The third-order valence-corrected chi connectivity index (χ3v) is 2.02. The maximum absolute atomic E-state index is 11.7. The third kappa shape index (κ3) is 5.87. The van der Waals surface area contributed by atoms with Crippen molar-refractivity contribution in [2.45, 2.75) is 38.5 Å². The summed E-state index contributed by atoms with van der Waals surface area (Å²) in [7, 11) is 0. The van der Waals surface area contributed by atoms with E-state index in [2.05, 4.69) is 0 Å². The van der Waals surface area contributed by atoms with Crippen LogP contribution < -0.4 is 5.73 Å². The van der Waals surface area contributed by atoms with Crippen molar-refractivity contribution in [3.8, 4) is 0 Å². The van der Waals surface area contributed by atoms with Crippen LogP contribution in [-0.4, -0.2) is 24.9 Å². The highest BCUT2D eigenvalue weighted by molar-refractivity contribution is 4.74. The van der Waals surface area contributed by atoms with Gasteiger partial charge in [-0.3, -0.25) is 0 Å². The van der Waals surface area contributed by atoms with E-state index in [1.165, 1.54) is 0 Å².